The Morgan fingerprint density at radius 2 is 1.96 bits per heavy atom. The summed E-state index contributed by atoms with van der Waals surface area (Å²) in [6.07, 6.45) is 0.532. The number of nitrogens with one attached hydrogen (secondary N) is 1. The first-order valence-electron chi connectivity index (χ1n) is 8.04. The van der Waals surface area contributed by atoms with Gasteiger partial charge in [-0.2, -0.15) is 5.10 Å². The minimum Gasteiger partial charge on any atom is -0.354 e. The van der Waals surface area contributed by atoms with Gasteiger partial charge in [0.2, 0.25) is 5.91 Å². The fourth-order valence-corrected chi connectivity index (χ4v) is 2.94. The predicted octanol–water partition coefficient (Wildman–Crippen LogP) is 1.71. The average Bonchev–Trinajstić information content (AvgIpc) is 2.88. The number of amides is 1. The fourth-order valence-electron chi connectivity index (χ4n) is 2.94. The van der Waals surface area contributed by atoms with Gasteiger partial charge in [-0.25, -0.2) is 9.50 Å². The van der Waals surface area contributed by atoms with Crippen LogP contribution >= 0.6 is 0 Å². The second-order valence-electron chi connectivity index (χ2n) is 6.01. The molecule has 0 saturated heterocycles. The quantitative estimate of drug-likeness (QED) is 0.780. The summed E-state index contributed by atoms with van der Waals surface area (Å²) in [5.41, 5.74) is 4.79. The zero-order valence-electron chi connectivity index (χ0n) is 15.2. The van der Waals surface area contributed by atoms with Gasteiger partial charge in [-0.3, -0.25) is 4.79 Å². The SMILES string of the molecule is COC(OC)C(C)NC(=O)CCc1c(C)nc2cc(C)nn2c1C. The van der Waals surface area contributed by atoms with Gasteiger partial charge in [0.25, 0.3) is 0 Å². The standard InChI is InChI=1S/C17H26N4O3/c1-10-9-15-18-11(2)14(13(4)21(15)20-10)7-8-16(22)19-12(3)17(23-5)24-6/h9,12,17H,7-8H2,1-6H3,(H,19,22). The van der Waals surface area contributed by atoms with E-state index in [0.717, 1.165) is 28.3 Å². The maximum atomic E-state index is 12.2. The summed E-state index contributed by atoms with van der Waals surface area (Å²) >= 11 is 0. The highest BCUT2D eigenvalue weighted by Crippen LogP contribution is 2.17. The van der Waals surface area contributed by atoms with Gasteiger partial charge in [0.15, 0.2) is 11.9 Å². The molecule has 0 fully saturated rings. The lowest BCUT2D eigenvalue weighted by Crippen LogP contribution is -2.43. The number of aryl methyl sites for hydroxylation is 3. The molecule has 2 heterocycles. The van der Waals surface area contributed by atoms with Crippen LogP contribution in [-0.2, 0) is 20.7 Å². The van der Waals surface area contributed by atoms with Crippen molar-refractivity contribution in [3.63, 3.8) is 0 Å². The summed E-state index contributed by atoms with van der Waals surface area (Å²) in [6.45, 7) is 7.78. The molecule has 24 heavy (non-hydrogen) atoms. The summed E-state index contributed by atoms with van der Waals surface area (Å²) in [6, 6.07) is 1.73. The second-order valence-corrected chi connectivity index (χ2v) is 6.01. The number of aromatic nitrogens is 3. The van der Waals surface area contributed by atoms with Crippen LogP contribution in [0.1, 0.15) is 36.0 Å². The highest BCUT2D eigenvalue weighted by molar-refractivity contribution is 5.76. The molecule has 2 aromatic rings. The Morgan fingerprint density at radius 3 is 2.58 bits per heavy atom. The lowest BCUT2D eigenvalue weighted by Gasteiger charge is -2.22. The zero-order chi connectivity index (χ0) is 17.9. The van der Waals surface area contributed by atoms with E-state index in [9.17, 15) is 4.79 Å². The molecule has 0 aromatic carbocycles. The summed E-state index contributed by atoms with van der Waals surface area (Å²) < 4.78 is 12.1. The molecule has 0 spiro atoms. The summed E-state index contributed by atoms with van der Waals surface area (Å²) in [7, 11) is 3.10. The minimum atomic E-state index is -0.456. The maximum absolute atomic E-state index is 12.2. The first kappa shape index (κ1) is 18.4. The fraction of sp³-hybridized carbons (Fsp3) is 0.588. The van der Waals surface area contributed by atoms with Crippen LogP contribution in [-0.4, -0.2) is 47.1 Å². The molecule has 2 rings (SSSR count). The predicted molar refractivity (Wildman–Crippen MR) is 90.9 cm³/mol. The van der Waals surface area contributed by atoms with Crippen molar-refractivity contribution in [2.45, 2.75) is 52.9 Å². The molecule has 132 valence electrons. The summed E-state index contributed by atoms with van der Waals surface area (Å²) in [5, 5.41) is 7.36. The van der Waals surface area contributed by atoms with Gasteiger partial charge in [-0.05, 0) is 39.7 Å². The van der Waals surface area contributed by atoms with Crippen molar-refractivity contribution in [2.75, 3.05) is 14.2 Å². The first-order valence-corrected chi connectivity index (χ1v) is 8.04. The number of methoxy groups -OCH3 is 2. The molecule has 1 amide bonds. The molecular weight excluding hydrogens is 308 g/mol. The van der Waals surface area contributed by atoms with Crippen LogP contribution in [0.5, 0.6) is 0 Å². The van der Waals surface area contributed by atoms with Crippen molar-refractivity contribution in [3.05, 3.63) is 28.7 Å². The van der Waals surface area contributed by atoms with Crippen LogP contribution in [0.15, 0.2) is 6.07 Å². The van der Waals surface area contributed by atoms with Gasteiger partial charge in [-0.15, -0.1) is 0 Å². The number of carbonyl (C=O) groups is 1. The largest absolute Gasteiger partial charge is 0.354 e. The van der Waals surface area contributed by atoms with Crippen molar-refractivity contribution in [1.82, 2.24) is 19.9 Å². The van der Waals surface area contributed by atoms with Crippen molar-refractivity contribution in [2.24, 2.45) is 0 Å². The Bertz CT molecular complexity index is 722. The number of nitrogens with zero attached hydrogens (tertiary/aromatic N) is 3. The summed E-state index contributed by atoms with van der Waals surface area (Å²) in [4.78, 5) is 16.8. The van der Waals surface area contributed by atoms with Gasteiger partial charge in [0.1, 0.15) is 0 Å². The second kappa shape index (κ2) is 7.72. The molecule has 1 unspecified atom stereocenters. The molecule has 0 saturated carbocycles. The van der Waals surface area contributed by atoms with E-state index in [1.54, 1.807) is 14.2 Å². The van der Waals surface area contributed by atoms with Crippen molar-refractivity contribution in [1.29, 1.82) is 0 Å². The lowest BCUT2D eigenvalue weighted by atomic mass is 10.1. The van der Waals surface area contributed by atoms with Crippen LogP contribution in [0.25, 0.3) is 5.65 Å². The van der Waals surface area contributed by atoms with E-state index < -0.39 is 6.29 Å². The van der Waals surface area contributed by atoms with E-state index >= 15 is 0 Å². The van der Waals surface area contributed by atoms with E-state index in [1.165, 1.54) is 0 Å². The Hall–Kier alpha value is -1.99. The number of carbonyl (C=O) groups excluding carboxylic acids is 1. The van der Waals surface area contributed by atoms with Crippen molar-refractivity contribution < 1.29 is 14.3 Å². The number of ether oxygens (including phenoxy) is 2. The molecule has 0 bridgehead atoms. The molecule has 7 heteroatoms. The molecule has 1 atom stereocenters. The Balaban J connectivity index is 2.06. The van der Waals surface area contributed by atoms with E-state index in [1.807, 2.05) is 38.3 Å². The molecule has 1 N–H and O–H groups in total. The molecule has 0 aliphatic rings. The van der Waals surface area contributed by atoms with E-state index in [2.05, 4.69) is 15.4 Å². The monoisotopic (exact) mass is 334 g/mol. The lowest BCUT2D eigenvalue weighted by molar-refractivity contribution is -0.135. The molecule has 7 nitrogen and oxygen atoms in total. The Labute approximate surface area is 142 Å². The highest BCUT2D eigenvalue weighted by Gasteiger charge is 2.18. The van der Waals surface area contributed by atoms with Crippen molar-refractivity contribution in [3.8, 4) is 0 Å². The third-order valence-electron chi connectivity index (χ3n) is 4.15. The third-order valence-corrected chi connectivity index (χ3v) is 4.15. The van der Waals surface area contributed by atoms with Crippen LogP contribution < -0.4 is 5.32 Å². The molecule has 0 aliphatic carbocycles. The van der Waals surface area contributed by atoms with Gasteiger partial charge >= 0.3 is 0 Å². The number of fused-ring (bicyclic) bond motifs is 1. The average molecular weight is 334 g/mol. The van der Waals surface area contributed by atoms with Gasteiger partial charge < -0.3 is 14.8 Å². The topological polar surface area (TPSA) is 77.8 Å². The molecule has 0 radical (unpaired) electrons. The number of hydrogen-bond donors (Lipinski definition) is 1. The normalized spacial score (nSPS) is 12.8. The third kappa shape index (κ3) is 3.91. The maximum Gasteiger partial charge on any atom is 0.220 e. The van der Waals surface area contributed by atoms with Crippen LogP contribution in [0, 0.1) is 20.8 Å². The summed E-state index contributed by atoms with van der Waals surface area (Å²) in [5.74, 6) is -0.0443. The van der Waals surface area contributed by atoms with Crippen molar-refractivity contribution >= 4 is 11.6 Å². The van der Waals surface area contributed by atoms with Crippen LogP contribution in [0.4, 0.5) is 0 Å². The van der Waals surface area contributed by atoms with E-state index in [0.29, 0.717) is 12.8 Å². The molecule has 0 aliphatic heterocycles. The molecule has 2 aromatic heterocycles. The zero-order valence-corrected chi connectivity index (χ0v) is 15.2. The molecular formula is C17H26N4O3. The van der Waals surface area contributed by atoms with Gasteiger partial charge in [0, 0.05) is 38.1 Å². The van der Waals surface area contributed by atoms with Gasteiger partial charge in [-0.1, -0.05) is 0 Å². The Kier molecular flexibility index (Phi) is 5.90. The van der Waals surface area contributed by atoms with Crippen LogP contribution in [0.2, 0.25) is 0 Å². The highest BCUT2D eigenvalue weighted by atomic mass is 16.7. The van der Waals surface area contributed by atoms with Crippen LogP contribution in [0.3, 0.4) is 0 Å². The smallest absolute Gasteiger partial charge is 0.220 e. The Morgan fingerprint density at radius 1 is 1.29 bits per heavy atom. The van der Waals surface area contributed by atoms with E-state index in [-0.39, 0.29) is 11.9 Å². The van der Waals surface area contributed by atoms with E-state index in [4.69, 9.17) is 9.47 Å². The number of rotatable bonds is 7. The number of hydrogen-bond acceptors (Lipinski definition) is 5. The first-order chi connectivity index (χ1) is 11.4. The van der Waals surface area contributed by atoms with Gasteiger partial charge in [0.05, 0.1) is 11.7 Å². The minimum absolute atomic E-state index is 0.0443.